The largest absolute Gasteiger partial charge is 0.367 e. The molecule has 30 heavy (non-hydrogen) atoms. The van der Waals surface area contributed by atoms with Gasteiger partial charge in [0.1, 0.15) is 5.82 Å². The van der Waals surface area contributed by atoms with Gasteiger partial charge in [-0.25, -0.2) is 13.8 Å². The summed E-state index contributed by atoms with van der Waals surface area (Å²) in [5.74, 6) is -2.81. The molecular weight excluding hydrogens is 392 g/mol. The molecule has 1 saturated carbocycles. The smallest absolute Gasteiger partial charge is 0.313 e. The topological polar surface area (TPSA) is 98.9 Å². The number of aromatic nitrogens is 2. The number of carbonyl (C=O) groups excluding carboxylic acids is 2. The number of hydrogen-bond donors (Lipinski definition) is 4. The minimum atomic E-state index is -1.03. The van der Waals surface area contributed by atoms with Crippen LogP contribution in [0.15, 0.2) is 42.7 Å². The average molecular weight is 413 g/mol. The van der Waals surface area contributed by atoms with Crippen LogP contribution in [-0.4, -0.2) is 33.9 Å². The van der Waals surface area contributed by atoms with Crippen molar-refractivity contribution in [3.8, 4) is 0 Å². The molecule has 1 aliphatic rings. The molecule has 2 heterocycles. The van der Waals surface area contributed by atoms with Gasteiger partial charge in [0, 0.05) is 35.9 Å². The maximum absolute atomic E-state index is 13.5. The Morgan fingerprint density at radius 3 is 2.47 bits per heavy atom. The highest BCUT2D eigenvalue weighted by molar-refractivity contribution is 6.40. The second-order valence-electron chi connectivity index (χ2n) is 7.35. The van der Waals surface area contributed by atoms with Crippen molar-refractivity contribution < 1.29 is 18.4 Å². The number of nitrogens with zero attached hydrogens (tertiary/aromatic N) is 1. The lowest BCUT2D eigenvalue weighted by atomic mass is 9.91. The van der Waals surface area contributed by atoms with Gasteiger partial charge in [-0.1, -0.05) is 6.07 Å². The van der Waals surface area contributed by atoms with E-state index in [9.17, 15) is 18.4 Å². The van der Waals surface area contributed by atoms with Crippen molar-refractivity contribution in [2.24, 2.45) is 0 Å². The molecule has 0 saturated heterocycles. The number of pyridine rings is 1. The van der Waals surface area contributed by atoms with E-state index < -0.39 is 23.4 Å². The standard InChI is InChI=1S/C21H21F2N5O2/c22-15-9-14-17(10-16(15)23)25-11-18(14)28-21(30)20(29)27-13-6-4-12(5-7-13)26-19-3-1-2-8-24-19/h1-3,8-13,25H,4-7H2,(H,24,26)(H,27,29)(H,28,30)/t12-,13-. The minimum Gasteiger partial charge on any atom is -0.367 e. The molecule has 2 aromatic heterocycles. The first-order valence-corrected chi connectivity index (χ1v) is 9.75. The number of benzene rings is 1. The van der Waals surface area contributed by atoms with Crippen molar-refractivity contribution >= 4 is 34.2 Å². The fourth-order valence-corrected chi connectivity index (χ4v) is 3.69. The van der Waals surface area contributed by atoms with E-state index in [2.05, 4.69) is 25.9 Å². The van der Waals surface area contributed by atoms with Gasteiger partial charge < -0.3 is 20.9 Å². The van der Waals surface area contributed by atoms with Crippen LogP contribution in [0.2, 0.25) is 0 Å². The molecule has 0 spiro atoms. The second kappa shape index (κ2) is 8.48. The predicted molar refractivity (Wildman–Crippen MR) is 109 cm³/mol. The van der Waals surface area contributed by atoms with Gasteiger partial charge >= 0.3 is 11.8 Å². The number of rotatable bonds is 4. The Morgan fingerprint density at radius 1 is 1.00 bits per heavy atom. The van der Waals surface area contributed by atoms with Crippen LogP contribution < -0.4 is 16.0 Å². The first-order chi connectivity index (χ1) is 14.5. The lowest BCUT2D eigenvalue weighted by molar-refractivity contribution is -0.136. The third-order valence-corrected chi connectivity index (χ3v) is 5.26. The van der Waals surface area contributed by atoms with Gasteiger partial charge in [-0.05, 0) is 43.9 Å². The van der Waals surface area contributed by atoms with E-state index in [-0.39, 0.29) is 23.2 Å². The number of nitrogens with one attached hydrogen (secondary N) is 4. The molecule has 1 fully saturated rings. The Bertz CT molecular complexity index is 1060. The molecule has 0 atom stereocenters. The van der Waals surface area contributed by atoms with E-state index >= 15 is 0 Å². The number of amides is 2. The zero-order chi connectivity index (χ0) is 21.1. The molecule has 7 nitrogen and oxygen atoms in total. The molecule has 0 bridgehead atoms. The van der Waals surface area contributed by atoms with Crippen LogP contribution in [0.1, 0.15) is 25.7 Å². The van der Waals surface area contributed by atoms with Crippen LogP contribution in [0.3, 0.4) is 0 Å². The molecule has 156 valence electrons. The minimum absolute atomic E-state index is 0.0976. The summed E-state index contributed by atoms with van der Waals surface area (Å²) >= 11 is 0. The van der Waals surface area contributed by atoms with Crippen LogP contribution in [0.5, 0.6) is 0 Å². The molecule has 1 aliphatic carbocycles. The Hall–Kier alpha value is -3.49. The van der Waals surface area contributed by atoms with Crippen LogP contribution in [0.4, 0.5) is 20.3 Å². The molecule has 0 unspecified atom stereocenters. The van der Waals surface area contributed by atoms with E-state index in [0.717, 1.165) is 43.6 Å². The van der Waals surface area contributed by atoms with Crippen molar-refractivity contribution in [1.82, 2.24) is 15.3 Å². The normalized spacial score (nSPS) is 18.7. The summed E-state index contributed by atoms with van der Waals surface area (Å²) in [6.45, 7) is 0. The maximum atomic E-state index is 13.5. The molecule has 9 heteroatoms. The second-order valence-corrected chi connectivity index (χ2v) is 7.35. The van der Waals surface area contributed by atoms with E-state index in [1.807, 2.05) is 18.2 Å². The number of aromatic amines is 1. The van der Waals surface area contributed by atoms with Crippen molar-refractivity contribution in [3.05, 3.63) is 54.4 Å². The zero-order valence-electron chi connectivity index (χ0n) is 16.0. The Balaban J connectivity index is 1.29. The summed E-state index contributed by atoms with van der Waals surface area (Å²) in [6.07, 6.45) is 6.28. The van der Waals surface area contributed by atoms with Crippen LogP contribution in [0.25, 0.3) is 10.9 Å². The lowest BCUT2D eigenvalue weighted by Gasteiger charge is -2.29. The van der Waals surface area contributed by atoms with Crippen LogP contribution in [0, 0.1) is 11.6 Å². The van der Waals surface area contributed by atoms with E-state index in [0.29, 0.717) is 5.52 Å². The highest BCUT2D eigenvalue weighted by atomic mass is 19.2. The quantitative estimate of drug-likeness (QED) is 0.493. The van der Waals surface area contributed by atoms with E-state index in [1.54, 1.807) is 6.20 Å². The van der Waals surface area contributed by atoms with Gasteiger partial charge in [0.2, 0.25) is 0 Å². The Morgan fingerprint density at radius 2 is 1.73 bits per heavy atom. The lowest BCUT2D eigenvalue weighted by Crippen LogP contribution is -2.44. The SMILES string of the molecule is O=C(Nc1c[nH]c2cc(F)c(F)cc12)C(=O)N[C@H]1CC[C@H](Nc2ccccn2)CC1. The Kier molecular flexibility index (Phi) is 5.60. The van der Waals surface area contributed by atoms with Gasteiger partial charge in [-0.15, -0.1) is 0 Å². The molecular formula is C21H21F2N5O2. The molecule has 1 aromatic carbocycles. The third-order valence-electron chi connectivity index (χ3n) is 5.26. The first kappa shape index (κ1) is 19.8. The van der Waals surface area contributed by atoms with Crippen molar-refractivity contribution in [2.45, 2.75) is 37.8 Å². The monoisotopic (exact) mass is 413 g/mol. The maximum Gasteiger partial charge on any atom is 0.313 e. The number of H-pyrrole nitrogens is 1. The van der Waals surface area contributed by atoms with E-state index in [1.165, 1.54) is 6.20 Å². The summed E-state index contributed by atoms with van der Waals surface area (Å²) in [4.78, 5) is 31.5. The van der Waals surface area contributed by atoms with Crippen LogP contribution >= 0.6 is 0 Å². The summed E-state index contributed by atoms with van der Waals surface area (Å²) < 4.78 is 26.8. The zero-order valence-corrected chi connectivity index (χ0v) is 16.0. The molecule has 4 rings (SSSR count). The molecule has 0 radical (unpaired) electrons. The molecule has 3 aromatic rings. The summed E-state index contributed by atoms with van der Waals surface area (Å²) in [7, 11) is 0. The summed E-state index contributed by atoms with van der Waals surface area (Å²) in [5.41, 5.74) is 0.538. The van der Waals surface area contributed by atoms with Crippen molar-refractivity contribution in [1.29, 1.82) is 0 Å². The molecule has 4 N–H and O–H groups in total. The predicted octanol–water partition coefficient (Wildman–Crippen LogP) is 3.32. The van der Waals surface area contributed by atoms with E-state index in [4.69, 9.17) is 0 Å². The number of carbonyl (C=O) groups is 2. The number of anilines is 2. The number of fused-ring (bicyclic) bond motifs is 1. The van der Waals surface area contributed by atoms with Crippen LogP contribution in [-0.2, 0) is 9.59 Å². The van der Waals surface area contributed by atoms with Gasteiger partial charge in [-0.2, -0.15) is 0 Å². The van der Waals surface area contributed by atoms with Crippen molar-refractivity contribution in [2.75, 3.05) is 10.6 Å². The van der Waals surface area contributed by atoms with Gasteiger partial charge in [0.25, 0.3) is 0 Å². The van der Waals surface area contributed by atoms with Gasteiger partial charge in [0.05, 0.1) is 11.2 Å². The average Bonchev–Trinajstić information content (AvgIpc) is 3.12. The first-order valence-electron chi connectivity index (χ1n) is 9.75. The molecule has 0 aliphatic heterocycles. The summed E-state index contributed by atoms with van der Waals surface area (Å²) in [6, 6.07) is 7.82. The number of halogens is 2. The Labute approximate surface area is 171 Å². The van der Waals surface area contributed by atoms with Crippen molar-refractivity contribution in [3.63, 3.8) is 0 Å². The summed E-state index contributed by atoms with van der Waals surface area (Å²) in [5, 5.41) is 8.85. The van der Waals surface area contributed by atoms with Gasteiger partial charge in [-0.3, -0.25) is 9.59 Å². The third kappa shape index (κ3) is 4.40. The molecule has 2 amide bonds. The van der Waals surface area contributed by atoms with Gasteiger partial charge in [0.15, 0.2) is 11.6 Å². The fraction of sp³-hybridized carbons (Fsp3) is 0.286. The highest BCUT2D eigenvalue weighted by Crippen LogP contribution is 2.26. The fourth-order valence-electron chi connectivity index (χ4n) is 3.69. The highest BCUT2D eigenvalue weighted by Gasteiger charge is 2.25. The number of hydrogen-bond acceptors (Lipinski definition) is 4.